The van der Waals surface area contributed by atoms with Crippen LogP contribution in [0.15, 0.2) is 53.4 Å². The van der Waals surface area contributed by atoms with E-state index >= 15 is 0 Å². The zero-order valence-electron chi connectivity index (χ0n) is 15.1. The topological polar surface area (TPSA) is 75.7 Å². The molecule has 3 rings (SSSR count). The normalized spacial score (nSPS) is 21.0. The van der Waals surface area contributed by atoms with Gasteiger partial charge in [-0.25, -0.2) is 12.8 Å². The number of sulfonamides is 1. The van der Waals surface area contributed by atoms with Gasteiger partial charge in [0.05, 0.1) is 17.1 Å². The third kappa shape index (κ3) is 4.52. The second-order valence-corrected chi connectivity index (χ2v) is 8.50. The molecule has 6 nitrogen and oxygen atoms in total. The number of morpholine rings is 1. The quantitative estimate of drug-likeness (QED) is 0.868. The molecule has 1 aliphatic heterocycles. The number of carbonyl (C=O) groups excluding carboxylic acids is 1. The Labute approximate surface area is 158 Å². The molecule has 0 aromatic heterocycles. The summed E-state index contributed by atoms with van der Waals surface area (Å²) in [6.07, 6.45) is -0.337. The van der Waals surface area contributed by atoms with Gasteiger partial charge in [0.25, 0.3) is 5.91 Å². The van der Waals surface area contributed by atoms with Gasteiger partial charge in [0.2, 0.25) is 10.0 Å². The predicted molar refractivity (Wildman–Crippen MR) is 99.6 cm³/mol. The number of rotatable bonds is 4. The maximum Gasteiger partial charge on any atom is 0.255 e. The largest absolute Gasteiger partial charge is 0.373 e. The van der Waals surface area contributed by atoms with Gasteiger partial charge in [0.1, 0.15) is 5.82 Å². The van der Waals surface area contributed by atoms with Crippen LogP contribution in [0, 0.1) is 5.82 Å². The van der Waals surface area contributed by atoms with Crippen molar-refractivity contribution in [1.82, 2.24) is 4.31 Å². The van der Waals surface area contributed by atoms with E-state index in [-0.39, 0.29) is 17.1 Å². The molecule has 144 valence electrons. The average Bonchev–Trinajstić information content (AvgIpc) is 2.62. The van der Waals surface area contributed by atoms with Crippen molar-refractivity contribution < 1.29 is 22.3 Å². The van der Waals surface area contributed by atoms with Crippen LogP contribution in [0.25, 0.3) is 0 Å². The van der Waals surface area contributed by atoms with Crippen molar-refractivity contribution in [2.45, 2.75) is 31.0 Å². The van der Waals surface area contributed by atoms with Crippen LogP contribution < -0.4 is 5.32 Å². The number of hydrogen-bond acceptors (Lipinski definition) is 4. The third-order valence-electron chi connectivity index (χ3n) is 4.24. The number of benzene rings is 2. The van der Waals surface area contributed by atoms with Gasteiger partial charge in [-0.15, -0.1) is 0 Å². The molecule has 2 unspecified atom stereocenters. The fourth-order valence-electron chi connectivity index (χ4n) is 2.99. The Morgan fingerprint density at radius 2 is 1.59 bits per heavy atom. The molecular formula is C19H21FN2O4S. The lowest BCUT2D eigenvalue weighted by atomic mass is 10.2. The number of nitrogens with zero attached hydrogens (tertiary/aromatic N) is 1. The minimum atomic E-state index is -3.63. The second-order valence-electron chi connectivity index (χ2n) is 6.56. The number of amides is 1. The Bertz CT molecular complexity index is 904. The molecule has 0 radical (unpaired) electrons. The molecule has 1 fully saturated rings. The molecule has 27 heavy (non-hydrogen) atoms. The average molecular weight is 392 g/mol. The van der Waals surface area contributed by atoms with Crippen LogP contribution >= 0.6 is 0 Å². The number of halogens is 1. The molecule has 0 saturated carbocycles. The van der Waals surface area contributed by atoms with Crippen molar-refractivity contribution in [3.63, 3.8) is 0 Å². The molecule has 0 aliphatic carbocycles. The van der Waals surface area contributed by atoms with E-state index < -0.39 is 21.7 Å². The minimum Gasteiger partial charge on any atom is -0.373 e. The van der Waals surface area contributed by atoms with Gasteiger partial charge in [0.15, 0.2) is 0 Å². The van der Waals surface area contributed by atoms with Gasteiger partial charge in [-0.3, -0.25) is 4.79 Å². The minimum absolute atomic E-state index is 0.156. The fraction of sp³-hybridized carbons (Fsp3) is 0.316. The van der Waals surface area contributed by atoms with Crippen LogP contribution in [0.4, 0.5) is 10.1 Å². The van der Waals surface area contributed by atoms with E-state index in [1.807, 2.05) is 13.8 Å². The fourth-order valence-corrected chi connectivity index (χ4v) is 4.58. The molecule has 1 heterocycles. The molecule has 1 N–H and O–H groups in total. The molecule has 2 aromatic carbocycles. The first-order valence-corrected chi connectivity index (χ1v) is 10.0. The number of ether oxygens (including phenoxy) is 1. The lowest BCUT2D eigenvalue weighted by Crippen LogP contribution is -2.48. The van der Waals surface area contributed by atoms with Crippen molar-refractivity contribution in [3.05, 3.63) is 59.9 Å². The monoisotopic (exact) mass is 392 g/mol. The van der Waals surface area contributed by atoms with Crippen LogP contribution in [0.5, 0.6) is 0 Å². The molecule has 8 heteroatoms. The number of carbonyl (C=O) groups is 1. The molecule has 1 amide bonds. The van der Waals surface area contributed by atoms with Crippen molar-refractivity contribution in [3.8, 4) is 0 Å². The van der Waals surface area contributed by atoms with Crippen LogP contribution in [0.1, 0.15) is 24.2 Å². The Morgan fingerprint density at radius 3 is 2.15 bits per heavy atom. The number of hydrogen-bond donors (Lipinski definition) is 1. The van der Waals surface area contributed by atoms with Gasteiger partial charge in [0, 0.05) is 24.3 Å². The van der Waals surface area contributed by atoms with Crippen molar-refractivity contribution in [2.75, 3.05) is 18.4 Å². The van der Waals surface area contributed by atoms with E-state index in [1.54, 1.807) is 0 Å². The molecule has 2 aromatic rings. The van der Waals surface area contributed by atoms with Gasteiger partial charge >= 0.3 is 0 Å². The third-order valence-corrected chi connectivity index (χ3v) is 6.09. The van der Waals surface area contributed by atoms with Crippen LogP contribution in [-0.2, 0) is 14.8 Å². The summed E-state index contributed by atoms with van der Waals surface area (Å²) < 4.78 is 45.6. The van der Waals surface area contributed by atoms with E-state index in [0.717, 1.165) is 0 Å². The molecule has 1 saturated heterocycles. The van der Waals surface area contributed by atoms with Gasteiger partial charge < -0.3 is 10.1 Å². The highest BCUT2D eigenvalue weighted by Gasteiger charge is 2.32. The molecule has 1 aliphatic rings. The lowest BCUT2D eigenvalue weighted by Gasteiger charge is -2.34. The predicted octanol–water partition coefficient (Wildman–Crippen LogP) is 2.88. The molecule has 2 atom stereocenters. The van der Waals surface area contributed by atoms with Crippen molar-refractivity contribution >= 4 is 21.6 Å². The first-order valence-electron chi connectivity index (χ1n) is 8.58. The first kappa shape index (κ1) is 19.5. The molecule has 0 bridgehead atoms. The van der Waals surface area contributed by atoms with E-state index in [2.05, 4.69) is 5.32 Å². The Morgan fingerprint density at radius 1 is 1.04 bits per heavy atom. The Balaban J connectivity index is 1.72. The second kappa shape index (κ2) is 7.75. The number of nitrogens with one attached hydrogen (secondary N) is 1. The van der Waals surface area contributed by atoms with Gasteiger partial charge in [-0.2, -0.15) is 4.31 Å². The lowest BCUT2D eigenvalue weighted by molar-refractivity contribution is -0.0440. The Kier molecular flexibility index (Phi) is 5.59. The van der Waals surface area contributed by atoms with Crippen LogP contribution in [-0.4, -0.2) is 43.9 Å². The zero-order valence-corrected chi connectivity index (χ0v) is 15.9. The van der Waals surface area contributed by atoms with E-state index in [0.29, 0.717) is 24.3 Å². The summed E-state index contributed by atoms with van der Waals surface area (Å²) in [5.74, 6) is -0.825. The SMILES string of the molecule is CC1CN(S(=O)(=O)c2ccc(NC(=O)c3ccc(F)cc3)cc2)CC(C)O1. The van der Waals surface area contributed by atoms with Crippen LogP contribution in [0.3, 0.4) is 0 Å². The van der Waals surface area contributed by atoms with Crippen molar-refractivity contribution in [2.24, 2.45) is 0 Å². The van der Waals surface area contributed by atoms with E-state index in [4.69, 9.17) is 4.74 Å². The Hall–Kier alpha value is -2.29. The summed E-state index contributed by atoms with van der Waals surface area (Å²) in [6.45, 7) is 4.28. The maximum absolute atomic E-state index is 12.9. The van der Waals surface area contributed by atoms with Gasteiger partial charge in [-0.05, 0) is 62.4 Å². The van der Waals surface area contributed by atoms with Crippen LogP contribution in [0.2, 0.25) is 0 Å². The molecule has 0 spiro atoms. The van der Waals surface area contributed by atoms with Gasteiger partial charge in [-0.1, -0.05) is 0 Å². The smallest absolute Gasteiger partial charge is 0.255 e. The summed E-state index contributed by atoms with van der Waals surface area (Å²) in [4.78, 5) is 12.3. The number of anilines is 1. The maximum atomic E-state index is 12.9. The summed E-state index contributed by atoms with van der Waals surface area (Å²) >= 11 is 0. The molecular weight excluding hydrogens is 371 g/mol. The summed E-state index contributed by atoms with van der Waals surface area (Å²) in [6, 6.07) is 11.1. The first-order chi connectivity index (χ1) is 12.8. The highest BCUT2D eigenvalue weighted by molar-refractivity contribution is 7.89. The highest BCUT2D eigenvalue weighted by atomic mass is 32.2. The summed E-state index contributed by atoms with van der Waals surface area (Å²) in [7, 11) is -3.63. The van der Waals surface area contributed by atoms with E-state index in [1.165, 1.54) is 52.8 Å². The standard InChI is InChI=1S/C19H21FN2O4S/c1-13-11-22(12-14(2)26-13)27(24,25)18-9-7-17(8-10-18)21-19(23)15-3-5-16(20)6-4-15/h3-10,13-14H,11-12H2,1-2H3,(H,21,23). The van der Waals surface area contributed by atoms with E-state index in [9.17, 15) is 17.6 Å². The highest BCUT2D eigenvalue weighted by Crippen LogP contribution is 2.22. The summed E-state index contributed by atoms with van der Waals surface area (Å²) in [5, 5.41) is 2.66. The summed E-state index contributed by atoms with van der Waals surface area (Å²) in [5.41, 5.74) is 0.761. The zero-order chi connectivity index (χ0) is 19.6. The van der Waals surface area contributed by atoms with Crippen molar-refractivity contribution in [1.29, 1.82) is 0 Å².